The third-order valence-electron chi connectivity index (χ3n) is 3.95. The first-order chi connectivity index (χ1) is 10.3. The molecule has 4 heterocycles. The van der Waals surface area contributed by atoms with E-state index in [0.717, 1.165) is 41.3 Å². The van der Waals surface area contributed by atoms with E-state index in [1.807, 2.05) is 23.7 Å². The van der Waals surface area contributed by atoms with E-state index in [0.29, 0.717) is 6.04 Å². The molecule has 3 aromatic rings. The summed E-state index contributed by atoms with van der Waals surface area (Å²) < 4.78 is 1.93. The Kier molecular flexibility index (Phi) is 2.93. The number of hydrogen-bond donors (Lipinski definition) is 1. The normalized spacial score (nSPS) is 18.4. The van der Waals surface area contributed by atoms with E-state index in [1.54, 1.807) is 6.20 Å². The standard InChI is InChI=1S/C16H17N5/c1-11-8-15(12-4-2-6-17-10-12)21-16(19-11)9-14(20-21)13-5-3-7-18-13/h2,4,6,8-10,13,18H,3,5,7H2,1H3. The smallest absolute Gasteiger partial charge is 0.156 e. The molecule has 4 rings (SSSR count). The number of rotatable bonds is 2. The number of aromatic nitrogens is 4. The summed E-state index contributed by atoms with van der Waals surface area (Å²) in [6.07, 6.45) is 6.00. The highest BCUT2D eigenvalue weighted by Crippen LogP contribution is 2.25. The van der Waals surface area contributed by atoms with Crippen molar-refractivity contribution < 1.29 is 0 Å². The topological polar surface area (TPSA) is 55.1 Å². The minimum absolute atomic E-state index is 0.355. The van der Waals surface area contributed by atoms with E-state index in [1.165, 1.54) is 6.42 Å². The third kappa shape index (κ3) is 2.19. The van der Waals surface area contributed by atoms with Gasteiger partial charge in [0.05, 0.1) is 17.4 Å². The molecule has 1 unspecified atom stereocenters. The molecule has 0 saturated carbocycles. The predicted octanol–water partition coefficient (Wildman–Crippen LogP) is 2.52. The molecule has 1 atom stereocenters. The summed E-state index contributed by atoms with van der Waals surface area (Å²) in [5, 5.41) is 8.27. The SMILES string of the molecule is Cc1cc(-c2cccnc2)n2nc(C3CCCN3)cc2n1. The molecule has 106 valence electrons. The van der Waals surface area contributed by atoms with Crippen LogP contribution >= 0.6 is 0 Å². The van der Waals surface area contributed by atoms with E-state index < -0.39 is 0 Å². The van der Waals surface area contributed by atoms with Gasteiger partial charge in [-0.2, -0.15) is 5.10 Å². The quantitative estimate of drug-likeness (QED) is 0.783. The Balaban J connectivity index is 1.89. The number of nitrogens with one attached hydrogen (secondary N) is 1. The maximum atomic E-state index is 4.78. The number of hydrogen-bond acceptors (Lipinski definition) is 4. The summed E-state index contributed by atoms with van der Waals surface area (Å²) >= 11 is 0. The van der Waals surface area contributed by atoms with Crippen molar-refractivity contribution in [2.24, 2.45) is 0 Å². The maximum Gasteiger partial charge on any atom is 0.156 e. The number of pyridine rings is 1. The lowest BCUT2D eigenvalue weighted by molar-refractivity contribution is 0.621. The van der Waals surface area contributed by atoms with Gasteiger partial charge in [-0.25, -0.2) is 9.50 Å². The first kappa shape index (κ1) is 12.5. The van der Waals surface area contributed by atoms with Crippen LogP contribution in [-0.2, 0) is 0 Å². The van der Waals surface area contributed by atoms with Gasteiger partial charge in [-0.05, 0) is 44.5 Å². The van der Waals surface area contributed by atoms with E-state index in [-0.39, 0.29) is 0 Å². The molecule has 1 saturated heterocycles. The van der Waals surface area contributed by atoms with Gasteiger partial charge < -0.3 is 5.32 Å². The Morgan fingerprint density at radius 2 is 2.29 bits per heavy atom. The Morgan fingerprint density at radius 3 is 3.05 bits per heavy atom. The third-order valence-corrected chi connectivity index (χ3v) is 3.95. The van der Waals surface area contributed by atoms with Gasteiger partial charge in [0.15, 0.2) is 5.65 Å². The summed E-state index contributed by atoms with van der Waals surface area (Å²) in [7, 11) is 0. The van der Waals surface area contributed by atoms with E-state index >= 15 is 0 Å². The van der Waals surface area contributed by atoms with E-state index in [9.17, 15) is 0 Å². The van der Waals surface area contributed by atoms with Crippen molar-refractivity contribution in [2.75, 3.05) is 6.54 Å². The molecule has 0 bridgehead atoms. The minimum atomic E-state index is 0.355. The summed E-state index contributed by atoms with van der Waals surface area (Å²) in [6, 6.07) is 8.50. The molecular formula is C16H17N5. The lowest BCUT2D eigenvalue weighted by atomic mass is 10.1. The lowest BCUT2D eigenvalue weighted by Gasteiger charge is -2.06. The first-order valence-electron chi connectivity index (χ1n) is 7.32. The van der Waals surface area contributed by atoms with Crippen LogP contribution < -0.4 is 5.32 Å². The fourth-order valence-corrected chi connectivity index (χ4v) is 2.95. The zero-order valence-corrected chi connectivity index (χ0v) is 12.0. The Labute approximate surface area is 123 Å². The molecule has 3 aromatic heterocycles. The average Bonchev–Trinajstić information content (AvgIpc) is 3.16. The van der Waals surface area contributed by atoms with E-state index in [2.05, 4.69) is 33.5 Å². The van der Waals surface area contributed by atoms with Crippen molar-refractivity contribution in [3.8, 4) is 11.3 Å². The van der Waals surface area contributed by atoms with Crippen molar-refractivity contribution in [1.29, 1.82) is 0 Å². The van der Waals surface area contributed by atoms with Gasteiger partial charge in [0, 0.05) is 29.7 Å². The van der Waals surface area contributed by atoms with Gasteiger partial charge in [0.1, 0.15) is 0 Å². The molecule has 0 aromatic carbocycles. The molecule has 5 heteroatoms. The summed E-state index contributed by atoms with van der Waals surface area (Å²) in [4.78, 5) is 8.81. The Hall–Kier alpha value is -2.27. The summed E-state index contributed by atoms with van der Waals surface area (Å²) in [5.41, 5.74) is 5.07. The molecular weight excluding hydrogens is 262 g/mol. The van der Waals surface area contributed by atoms with Gasteiger partial charge in [-0.3, -0.25) is 4.98 Å². The number of aryl methyl sites for hydroxylation is 1. The van der Waals surface area contributed by atoms with Crippen LogP contribution in [0.25, 0.3) is 16.9 Å². The molecule has 0 radical (unpaired) electrons. The molecule has 1 N–H and O–H groups in total. The molecule has 1 fully saturated rings. The van der Waals surface area contributed by atoms with Gasteiger partial charge in [-0.15, -0.1) is 0 Å². The van der Waals surface area contributed by atoms with Crippen LogP contribution in [0.15, 0.2) is 36.7 Å². The van der Waals surface area contributed by atoms with Crippen LogP contribution in [0.3, 0.4) is 0 Å². The first-order valence-corrected chi connectivity index (χ1v) is 7.32. The fourth-order valence-electron chi connectivity index (χ4n) is 2.95. The van der Waals surface area contributed by atoms with Crippen molar-refractivity contribution >= 4 is 5.65 Å². The second-order valence-electron chi connectivity index (χ2n) is 5.51. The second kappa shape index (κ2) is 4.93. The largest absolute Gasteiger partial charge is 0.309 e. The van der Waals surface area contributed by atoms with Gasteiger partial charge in [-0.1, -0.05) is 0 Å². The zero-order chi connectivity index (χ0) is 14.2. The lowest BCUT2D eigenvalue weighted by Crippen LogP contribution is -2.13. The fraction of sp³-hybridized carbons (Fsp3) is 0.312. The van der Waals surface area contributed by atoms with Crippen LogP contribution in [0.1, 0.15) is 30.3 Å². The van der Waals surface area contributed by atoms with Crippen LogP contribution in [-0.4, -0.2) is 26.1 Å². The molecule has 5 nitrogen and oxygen atoms in total. The molecule has 0 spiro atoms. The zero-order valence-electron chi connectivity index (χ0n) is 12.0. The van der Waals surface area contributed by atoms with Crippen LogP contribution in [0.4, 0.5) is 0 Å². The Bertz CT molecular complexity index is 772. The van der Waals surface area contributed by atoms with E-state index in [4.69, 9.17) is 5.10 Å². The van der Waals surface area contributed by atoms with Crippen LogP contribution in [0, 0.1) is 6.92 Å². The van der Waals surface area contributed by atoms with Crippen LogP contribution in [0.5, 0.6) is 0 Å². The molecule has 0 aliphatic carbocycles. The van der Waals surface area contributed by atoms with Gasteiger partial charge in [0.2, 0.25) is 0 Å². The Morgan fingerprint density at radius 1 is 1.33 bits per heavy atom. The average molecular weight is 279 g/mol. The number of fused-ring (bicyclic) bond motifs is 1. The highest BCUT2D eigenvalue weighted by molar-refractivity contribution is 5.62. The van der Waals surface area contributed by atoms with Crippen molar-refractivity contribution in [3.05, 3.63) is 48.0 Å². The van der Waals surface area contributed by atoms with Crippen molar-refractivity contribution in [1.82, 2.24) is 24.9 Å². The van der Waals surface area contributed by atoms with Gasteiger partial charge >= 0.3 is 0 Å². The van der Waals surface area contributed by atoms with Gasteiger partial charge in [0.25, 0.3) is 0 Å². The highest BCUT2D eigenvalue weighted by atomic mass is 15.3. The highest BCUT2D eigenvalue weighted by Gasteiger charge is 2.20. The maximum absolute atomic E-state index is 4.78. The van der Waals surface area contributed by atoms with Crippen molar-refractivity contribution in [3.63, 3.8) is 0 Å². The van der Waals surface area contributed by atoms with Crippen molar-refractivity contribution in [2.45, 2.75) is 25.8 Å². The number of nitrogens with zero attached hydrogens (tertiary/aromatic N) is 4. The molecule has 21 heavy (non-hydrogen) atoms. The minimum Gasteiger partial charge on any atom is -0.309 e. The van der Waals surface area contributed by atoms with Crippen LogP contribution in [0.2, 0.25) is 0 Å². The second-order valence-corrected chi connectivity index (χ2v) is 5.51. The summed E-state index contributed by atoms with van der Waals surface area (Å²) in [5.74, 6) is 0. The molecule has 0 amide bonds. The predicted molar refractivity (Wildman–Crippen MR) is 80.9 cm³/mol. The molecule has 1 aliphatic heterocycles. The molecule has 1 aliphatic rings. The monoisotopic (exact) mass is 279 g/mol. The summed E-state index contributed by atoms with van der Waals surface area (Å²) in [6.45, 7) is 3.08.